The van der Waals surface area contributed by atoms with Crippen molar-refractivity contribution < 1.29 is 14.4 Å². The molecule has 134 valence electrons. The highest BCUT2D eigenvalue weighted by atomic mass is 16.2. The highest BCUT2D eigenvalue weighted by molar-refractivity contribution is 6.10. The van der Waals surface area contributed by atoms with Crippen LogP contribution in [0.15, 0.2) is 78.9 Å². The zero-order valence-electron chi connectivity index (χ0n) is 14.5. The minimum atomic E-state index is -0.652. The normalized spacial score (nSPS) is 10.7. The van der Waals surface area contributed by atoms with Crippen LogP contribution in [0, 0.1) is 0 Å². The van der Waals surface area contributed by atoms with Gasteiger partial charge in [0.15, 0.2) is 0 Å². The first-order chi connectivity index (χ1) is 13.2. The first kappa shape index (κ1) is 18.1. The number of nitrogens with zero attached hydrogens (tertiary/aromatic N) is 1. The van der Waals surface area contributed by atoms with E-state index in [2.05, 4.69) is 5.32 Å². The number of amides is 3. The average molecular weight is 358 g/mol. The Bertz CT molecular complexity index is 991. The third-order valence-corrected chi connectivity index (χ3v) is 4.02. The van der Waals surface area contributed by atoms with Gasteiger partial charge in [-0.3, -0.25) is 9.69 Å². The van der Waals surface area contributed by atoms with Crippen molar-refractivity contribution in [3.63, 3.8) is 0 Å². The number of anilines is 1. The van der Waals surface area contributed by atoms with Crippen LogP contribution in [-0.2, 0) is 9.59 Å². The lowest BCUT2D eigenvalue weighted by atomic mass is 10.1. The van der Waals surface area contributed by atoms with Gasteiger partial charge in [0, 0.05) is 11.5 Å². The van der Waals surface area contributed by atoms with Crippen molar-refractivity contribution in [3.05, 3.63) is 84.4 Å². The van der Waals surface area contributed by atoms with E-state index in [-0.39, 0.29) is 6.54 Å². The van der Waals surface area contributed by atoms with Crippen LogP contribution in [0.4, 0.5) is 10.5 Å². The number of hydrogen-bond acceptors (Lipinski definition) is 3. The topological polar surface area (TPSA) is 66.5 Å². The van der Waals surface area contributed by atoms with Crippen LogP contribution >= 0.6 is 0 Å². The Balaban J connectivity index is 1.79. The molecular formula is C22H18N2O3. The summed E-state index contributed by atoms with van der Waals surface area (Å²) >= 11 is 0. The Morgan fingerprint density at radius 3 is 2.37 bits per heavy atom. The monoisotopic (exact) mass is 358 g/mol. The van der Waals surface area contributed by atoms with Crippen LogP contribution in [0.3, 0.4) is 0 Å². The van der Waals surface area contributed by atoms with Gasteiger partial charge in [-0.25, -0.2) is 4.79 Å². The number of carbonyl (C=O) groups is 3. The lowest BCUT2D eigenvalue weighted by Gasteiger charge is -2.18. The number of nitrogens with one attached hydrogen (secondary N) is 1. The predicted octanol–water partition coefficient (Wildman–Crippen LogP) is 4.11. The summed E-state index contributed by atoms with van der Waals surface area (Å²) in [7, 11) is 0. The largest absolute Gasteiger partial charge is 0.329 e. The molecule has 0 heterocycles. The molecule has 0 aromatic heterocycles. The van der Waals surface area contributed by atoms with Gasteiger partial charge in [0.25, 0.3) is 5.91 Å². The minimum Gasteiger partial charge on any atom is -0.307 e. The van der Waals surface area contributed by atoms with Crippen LogP contribution in [0.2, 0.25) is 0 Å². The van der Waals surface area contributed by atoms with Gasteiger partial charge in [-0.15, -0.1) is 0 Å². The second-order valence-electron chi connectivity index (χ2n) is 5.82. The minimum absolute atomic E-state index is 0.325. The van der Waals surface area contributed by atoms with Crippen molar-refractivity contribution in [2.24, 2.45) is 0 Å². The number of imide groups is 1. The van der Waals surface area contributed by atoms with Crippen LogP contribution in [0.5, 0.6) is 0 Å². The summed E-state index contributed by atoms with van der Waals surface area (Å²) in [6.45, 7) is -0.325. The van der Waals surface area contributed by atoms with Gasteiger partial charge in [0.05, 0.1) is 12.2 Å². The Morgan fingerprint density at radius 2 is 1.59 bits per heavy atom. The fourth-order valence-corrected chi connectivity index (χ4v) is 2.69. The first-order valence-corrected chi connectivity index (χ1v) is 8.46. The average Bonchev–Trinajstić information content (AvgIpc) is 2.71. The van der Waals surface area contributed by atoms with Crippen molar-refractivity contribution in [2.75, 3.05) is 11.9 Å². The number of carbonyl (C=O) groups excluding carboxylic acids is 3. The molecule has 5 nitrogen and oxygen atoms in total. The number of benzene rings is 3. The fraction of sp³-hybridized carbons (Fsp3) is 0.0455. The van der Waals surface area contributed by atoms with Gasteiger partial charge in [0.1, 0.15) is 6.29 Å². The number of fused-ring (bicyclic) bond motifs is 1. The quantitative estimate of drug-likeness (QED) is 0.551. The summed E-state index contributed by atoms with van der Waals surface area (Å²) in [5.74, 6) is -0.566. The molecule has 3 amide bonds. The summed E-state index contributed by atoms with van der Waals surface area (Å²) in [6, 6.07) is 21.7. The second-order valence-corrected chi connectivity index (χ2v) is 5.82. The number of hydrogen-bond donors (Lipinski definition) is 1. The molecule has 0 aliphatic carbocycles. The van der Waals surface area contributed by atoms with E-state index < -0.39 is 11.9 Å². The molecular weight excluding hydrogens is 340 g/mol. The highest BCUT2D eigenvalue weighted by Gasteiger charge is 2.19. The molecule has 0 fully saturated rings. The molecule has 0 unspecified atom stereocenters. The van der Waals surface area contributed by atoms with Crippen LogP contribution < -0.4 is 5.32 Å². The van der Waals surface area contributed by atoms with Crippen LogP contribution in [0.25, 0.3) is 16.8 Å². The SMILES string of the molecule is O=CCN(C(=O)C=Cc1ccccc1)C(=O)Nc1cccc2ccccc12. The zero-order valence-corrected chi connectivity index (χ0v) is 14.5. The van der Waals surface area contributed by atoms with Crippen LogP contribution in [0.1, 0.15) is 5.56 Å². The fourth-order valence-electron chi connectivity index (χ4n) is 2.69. The predicted molar refractivity (Wildman–Crippen MR) is 106 cm³/mol. The van der Waals surface area contributed by atoms with Crippen LogP contribution in [-0.4, -0.2) is 29.7 Å². The Hall–Kier alpha value is -3.73. The smallest absolute Gasteiger partial charge is 0.307 e. The Kier molecular flexibility index (Phi) is 5.74. The molecule has 0 spiro atoms. The summed E-state index contributed by atoms with van der Waals surface area (Å²) in [6.07, 6.45) is 3.41. The molecule has 5 heteroatoms. The molecule has 0 aliphatic heterocycles. The van der Waals surface area contributed by atoms with Gasteiger partial charge in [-0.1, -0.05) is 66.7 Å². The maximum absolute atomic E-state index is 12.6. The van der Waals surface area contributed by atoms with Crippen molar-refractivity contribution in [1.82, 2.24) is 4.90 Å². The van der Waals surface area contributed by atoms with Crippen molar-refractivity contribution in [3.8, 4) is 0 Å². The molecule has 0 radical (unpaired) electrons. The first-order valence-electron chi connectivity index (χ1n) is 8.46. The Morgan fingerprint density at radius 1 is 0.889 bits per heavy atom. The molecule has 0 saturated heterocycles. The van der Waals surface area contributed by atoms with Crippen molar-refractivity contribution in [1.29, 1.82) is 0 Å². The molecule has 3 rings (SSSR count). The summed E-state index contributed by atoms with van der Waals surface area (Å²) < 4.78 is 0. The van der Waals surface area contributed by atoms with E-state index >= 15 is 0 Å². The third kappa shape index (κ3) is 4.46. The second kappa shape index (κ2) is 8.58. The maximum atomic E-state index is 12.6. The highest BCUT2D eigenvalue weighted by Crippen LogP contribution is 2.23. The summed E-state index contributed by atoms with van der Waals surface area (Å²) in [4.78, 5) is 36.9. The van der Waals surface area contributed by atoms with Crippen molar-refractivity contribution >= 4 is 40.8 Å². The summed E-state index contributed by atoms with van der Waals surface area (Å²) in [5, 5.41) is 4.54. The van der Waals surface area contributed by atoms with E-state index in [1.807, 2.05) is 66.7 Å². The van der Waals surface area contributed by atoms with E-state index in [4.69, 9.17) is 0 Å². The number of rotatable bonds is 5. The maximum Gasteiger partial charge on any atom is 0.329 e. The number of urea groups is 1. The summed E-state index contributed by atoms with van der Waals surface area (Å²) in [5.41, 5.74) is 1.40. The van der Waals surface area contributed by atoms with E-state index in [1.54, 1.807) is 12.1 Å². The lowest BCUT2D eigenvalue weighted by molar-refractivity contribution is -0.125. The van der Waals surface area contributed by atoms with Gasteiger partial charge in [-0.05, 0) is 23.1 Å². The molecule has 0 aliphatic rings. The van der Waals surface area contributed by atoms with E-state index in [0.29, 0.717) is 12.0 Å². The third-order valence-electron chi connectivity index (χ3n) is 4.02. The molecule has 0 saturated carbocycles. The van der Waals surface area contributed by atoms with Crippen molar-refractivity contribution in [2.45, 2.75) is 0 Å². The van der Waals surface area contributed by atoms with E-state index in [0.717, 1.165) is 21.2 Å². The molecule has 0 bridgehead atoms. The molecule has 0 atom stereocenters. The van der Waals surface area contributed by atoms with Gasteiger partial charge < -0.3 is 10.1 Å². The lowest BCUT2D eigenvalue weighted by Crippen LogP contribution is -2.40. The van der Waals surface area contributed by atoms with E-state index in [1.165, 1.54) is 6.08 Å². The molecule has 1 N–H and O–H groups in total. The van der Waals surface area contributed by atoms with E-state index in [9.17, 15) is 14.4 Å². The zero-order chi connectivity index (χ0) is 19.1. The number of aldehydes is 1. The molecule has 3 aromatic carbocycles. The van der Waals surface area contributed by atoms with Gasteiger partial charge in [0.2, 0.25) is 0 Å². The van der Waals surface area contributed by atoms with Gasteiger partial charge in [-0.2, -0.15) is 0 Å². The molecule has 3 aromatic rings. The standard InChI is InChI=1S/C22H18N2O3/c25-16-15-24(21(26)14-13-17-7-2-1-3-8-17)22(27)23-20-12-6-10-18-9-4-5-11-19(18)20/h1-14,16H,15H2,(H,23,27). The molecule has 27 heavy (non-hydrogen) atoms. The Labute approximate surface area is 156 Å². The van der Waals surface area contributed by atoms with Gasteiger partial charge >= 0.3 is 6.03 Å².